The van der Waals surface area contributed by atoms with Gasteiger partial charge in [0.15, 0.2) is 18.1 Å². The van der Waals surface area contributed by atoms with Crippen molar-refractivity contribution in [3.63, 3.8) is 0 Å². The molecular formula is C9H28O4Si5. The Bertz CT molecular complexity index is 223. The van der Waals surface area contributed by atoms with E-state index in [-0.39, 0.29) is 0 Å². The number of rotatable bonds is 8. The predicted octanol–water partition coefficient (Wildman–Crippen LogP) is 2.81. The average molecular weight is 341 g/mol. The number of hydrogen-bond acceptors (Lipinski definition) is 4. The first-order valence-electron chi connectivity index (χ1n) is 6.27. The van der Waals surface area contributed by atoms with Gasteiger partial charge < -0.3 is 16.5 Å². The minimum Gasteiger partial charge on any atom is -0.437 e. The molecule has 2 radical (unpaired) electrons. The lowest BCUT2D eigenvalue weighted by atomic mass is 11.9. The van der Waals surface area contributed by atoms with Crippen LogP contribution in [0.4, 0.5) is 0 Å². The highest BCUT2D eigenvalue weighted by Crippen LogP contribution is 2.15. The average Bonchev–Trinajstić information content (AvgIpc) is 1.92. The molecule has 0 fully saturated rings. The third-order valence-electron chi connectivity index (χ3n) is 1.80. The summed E-state index contributed by atoms with van der Waals surface area (Å²) >= 11 is 0. The normalized spacial score (nSPS) is 14.0. The molecule has 0 aliphatic rings. The maximum Gasteiger partial charge on any atom is 0.312 e. The molecule has 18 heavy (non-hydrogen) atoms. The van der Waals surface area contributed by atoms with Crippen LogP contribution >= 0.6 is 0 Å². The van der Waals surface area contributed by atoms with Crippen molar-refractivity contribution in [2.75, 3.05) is 0 Å². The second-order valence-electron chi connectivity index (χ2n) is 5.62. The summed E-state index contributed by atoms with van der Waals surface area (Å²) in [6.07, 6.45) is 0. The van der Waals surface area contributed by atoms with E-state index in [1.54, 1.807) is 0 Å². The highest BCUT2D eigenvalue weighted by Gasteiger charge is 2.34. The lowest BCUT2D eigenvalue weighted by Gasteiger charge is -2.33. The third kappa shape index (κ3) is 9.80. The first kappa shape index (κ1) is 18.9. The predicted molar refractivity (Wildman–Crippen MR) is 87.3 cm³/mol. The van der Waals surface area contributed by atoms with Gasteiger partial charge in [-0.25, -0.2) is 0 Å². The SMILES string of the molecule is C[Si](C)O[Si](C)(C)O[SiH](C)O[Si](C)(C)O[Si](C)C. The molecule has 0 N–H and O–H groups in total. The topological polar surface area (TPSA) is 36.9 Å². The van der Waals surface area contributed by atoms with Crippen LogP contribution in [-0.2, 0) is 16.5 Å². The quantitative estimate of drug-likeness (QED) is 0.637. The fourth-order valence-electron chi connectivity index (χ4n) is 1.85. The van der Waals surface area contributed by atoms with Crippen molar-refractivity contribution >= 4 is 44.5 Å². The second kappa shape index (κ2) is 7.64. The van der Waals surface area contributed by atoms with Gasteiger partial charge in [-0.2, -0.15) is 0 Å². The molecule has 0 aliphatic heterocycles. The summed E-state index contributed by atoms with van der Waals surface area (Å²) in [6.45, 7) is 19.0. The van der Waals surface area contributed by atoms with Gasteiger partial charge in [0.05, 0.1) is 0 Å². The Labute approximate surface area is 120 Å². The van der Waals surface area contributed by atoms with Gasteiger partial charge in [-0.1, -0.05) is 0 Å². The molecule has 0 aliphatic carbocycles. The third-order valence-corrected chi connectivity index (χ3v) is 16.2. The van der Waals surface area contributed by atoms with Crippen molar-refractivity contribution in [3.8, 4) is 0 Å². The van der Waals surface area contributed by atoms with Crippen molar-refractivity contribution in [1.29, 1.82) is 0 Å². The molecule has 0 heterocycles. The maximum absolute atomic E-state index is 6.09. The minimum absolute atomic E-state index is 0.710. The zero-order valence-corrected chi connectivity index (χ0v) is 18.4. The van der Waals surface area contributed by atoms with E-state index in [1.807, 2.05) is 0 Å². The summed E-state index contributed by atoms with van der Waals surface area (Å²) in [7, 11) is -7.11. The Morgan fingerprint density at radius 3 is 1.22 bits per heavy atom. The van der Waals surface area contributed by atoms with Crippen LogP contribution in [-0.4, -0.2) is 44.5 Å². The van der Waals surface area contributed by atoms with Gasteiger partial charge in [0.2, 0.25) is 0 Å². The Morgan fingerprint density at radius 1 is 0.722 bits per heavy atom. The molecule has 0 aromatic heterocycles. The van der Waals surface area contributed by atoms with Gasteiger partial charge in [-0.05, 0) is 58.9 Å². The first-order valence-corrected chi connectivity index (χ1v) is 18.8. The van der Waals surface area contributed by atoms with Crippen LogP contribution in [0, 0.1) is 0 Å². The molecule has 0 aromatic carbocycles. The van der Waals surface area contributed by atoms with Crippen molar-refractivity contribution < 1.29 is 16.5 Å². The highest BCUT2D eigenvalue weighted by atomic mass is 28.5. The van der Waals surface area contributed by atoms with Crippen LogP contribution in [0.5, 0.6) is 0 Å². The van der Waals surface area contributed by atoms with E-state index >= 15 is 0 Å². The zero-order valence-electron chi connectivity index (χ0n) is 13.2. The smallest absolute Gasteiger partial charge is 0.312 e. The monoisotopic (exact) mass is 340 g/mol. The van der Waals surface area contributed by atoms with Gasteiger partial charge in [0, 0.05) is 0 Å². The van der Waals surface area contributed by atoms with Crippen LogP contribution in [0.15, 0.2) is 0 Å². The lowest BCUT2D eigenvalue weighted by Crippen LogP contribution is -2.49. The van der Waals surface area contributed by atoms with Gasteiger partial charge in [-0.15, -0.1) is 0 Å². The molecule has 0 spiro atoms. The molecule has 0 atom stereocenters. The van der Waals surface area contributed by atoms with E-state index in [4.69, 9.17) is 16.5 Å². The van der Waals surface area contributed by atoms with Crippen molar-refractivity contribution in [2.45, 2.75) is 58.9 Å². The molecule has 0 saturated heterocycles. The molecular weight excluding hydrogens is 313 g/mol. The molecule has 0 amide bonds. The molecule has 0 saturated carbocycles. The van der Waals surface area contributed by atoms with E-state index in [2.05, 4.69) is 58.9 Å². The summed E-state index contributed by atoms with van der Waals surface area (Å²) in [5.41, 5.74) is 0. The largest absolute Gasteiger partial charge is 0.437 e. The second-order valence-corrected chi connectivity index (χ2v) is 19.5. The lowest BCUT2D eigenvalue weighted by molar-refractivity contribution is 0.325. The molecule has 108 valence electrons. The highest BCUT2D eigenvalue weighted by molar-refractivity contribution is 6.81. The number of hydrogen-bond donors (Lipinski definition) is 0. The van der Waals surface area contributed by atoms with Gasteiger partial charge in [-0.3, -0.25) is 0 Å². The fraction of sp³-hybridized carbons (Fsp3) is 1.00. The Hall–Kier alpha value is 0.924. The molecule has 0 rings (SSSR count). The van der Waals surface area contributed by atoms with Gasteiger partial charge in [0.25, 0.3) is 0 Å². The van der Waals surface area contributed by atoms with Crippen molar-refractivity contribution in [1.82, 2.24) is 0 Å². The van der Waals surface area contributed by atoms with E-state index < -0.39 is 44.5 Å². The molecule has 0 bridgehead atoms. The van der Waals surface area contributed by atoms with E-state index in [0.717, 1.165) is 0 Å². The standard InChI is InChI=1S/C9H28O4Si5/c1-14(2)10-17(6,7)12-16(5)13-18(8,9)11-15(3)4/h16H,1-9H3. The molecule has 4 nitrogen and oxygen atoms in total. The zero-order chi connectivity index (χ0) is 14.6. The molecule has 0 aromatic rings. The maximum atomic E-state index is 6.09. The van der Waals surface area contributed by atoms with E-state index in [9.17, 15) is 0 Å². The van der Waals surface area contributed by atoms with Crippen molar-refractivity contribution in [3.05, 3.63) is 0 Å². The minimum atomic E-state index is -2.01. The summed E-state index contributed by atoms with van der Waals surface area (Å²) in [6, 6.07) is 0. The molecule has 0 unspecified atom stereocenters. The first-order chi connectivity index (χ1) is 7.93. The van der Waals surface area contributed by atoms with Crippen LogP contribution < -0.4 is 0 Å². The summed E-state index contributed by atoms with van der Waals surface area (Å²) in [5.74, 6) is 0. The summed E-state index contributed by atoms with van der Waals surface area (Å²) in [5, 5.41) is 0. The van der Waals surface area contributed by atoms with Crippen molar-refractivity contribution in [2.24, 2.45) is 0 Å². The van der Waals surface area contributed by atoms with Gasteiger partial charge >= 0.3 is 26.4 Å². The molecule has 9 heteroatoms. The fourth-order valence-corrected chi connectivity index (χ4v) is 18.0. The Morgan fingerprint density at radius 2 is 1.00 bits per heavy atom. The van der Waals surface area contributed by atoms with E-state index in [0.29, 0.717) is 0 Å². The van der Waals surface area contributed by atoms with E-state index in [1.165, 1.54) is 0 Å². The van der Waals surface area contributed by atoms with Crippen LogP contribution in [0.2, 0.25) is 58.9 Å². The van der Waals surface area contributed by atoms with Crippen LogP contribution in [0.1, 0.15) is 0 Å². The van der Waals surface area contributed by atoms with Crippen LogP contribution in [0.3, 0.4) is 0 Å². The van der Waals surface area contributed by atoms with Crippen LogP contribution in [0.25, 0.3) is 0 Å². The van der Waals surface area contributed by atoms with Gasteiger partial charge in [0.1, 0.15) is 0 Å². The Kier molecular flexibility index (Phi) is 8.03. The Balaban J connectivity index is 4.28. The summed E-state index contributed by atoms with van der Waals surface area (Å²) in [4.78, 5) is 0. The summed E-state index contributed by atoms with van der Waals surface area (Å²) < 4.78 is 24.1.